The van der Waals surface area contributed by atoms with E-state index in [4.69, 9.17) is 9.47 Å². The maximum atomic E-state index is 5.82. The van der Waals surface area contributed by atoms with Crippen molar-refractivity contribution < 1.29 is 9.47 Å². The van der Waals surface area contributed by atoms with Crippen molar-refractivity contribution in [3.8, 4) is 0 Å². The van der Waals surface area contributed by atoms with Crippen LogP contribution in [0.1, 0.15) is 25.7 Å². The minimum Gasteiger partial charge on any atom is -0.356 e. The van der Waals surface area contributed by atoms with Crippen LogP contribution in [0.3, 0.4) is 0 Å². The van der Waals surface area contributed by atoms with Crippen LogP contribution in [0.25, 0.3) is 0 Å². The summed E-state index contributed by atoms with van der Waals surface area (Å²) in [5.41, 5.74) is 1.07. The van der Waals surface area contributed by atoms with Gasteiger partial charge in [-0.3, -0.25) is 0 Å². The zero-order valence-corrected chi connectivity index (χ0v) is 14.1. The molecule has 1 aliphatic heterocycles. The van der Waals surface area contributed by atoms with E-state index in [0.717, 1.165) is 44.0 Å². The number of hydrogen-bond acceptors (Lipinski definition) is 6. The predicted octanol–water partition coefficient (Wildman–Crippen LogP) is 2.92. The van der Waals surface area contributed by atoms with E-state index in [1.165, 1.54) is 6.42 Å². The van der Waals surface area contributed by atoms with Crippen molar-refractivity contribution >= 4 is 17.6 Å². The molecule has 1 atom stereocenters. The van der Waals surface area contributed by atoms with Gasteiger partial charge in [-0.1, -0.05) is 18.2 Å². The number of nitrogens with one attached hydrogen (secondary N) is 2. The lowest BCUT2D eigenvalue weighted by Gasteiger charge is -2.24. The van der Waals surface area contributed by atoms with Gasteiger partial charge >= 0.3 is 0 Å². The number of aromatic amines is 1. The summed E-state index contributed by atoms with van der Waals surface area (Å²) in [6.45, 7) is 2.27. The molecule has 0 saturated carbocycles. The topological polar surface area (TPSA) is 75.3 Å². The highest BCUT2D eigenvalue weighted by Crippen LogP contribution is 2.23. The number of rotatable bonds is 8. The van der Waals surface area contributed by atoms with Crippen LogP contribution in [0.2, 0.25) is 0 Å². The van der Waals surface area contributed by atoms with Crippen LogP contribution in [-0.4, -0.2) is 48.3 Å². The van der Waals surface area contributed by atoms with E-state index < -0.39 is 0 Å². The third-order valence-electron chi connectivity index (χ3n) is 3.99. The number of aromatic nitrogens is 3. The Morgan fingerprint density at radius 3 is 2.92 bits per heavy atom. The molecule has 24 heavy (non-hydrogen) atoms. The average Bonchev–Trinajstić information content (AvgIpc) is 3.12. The van der Waals surface area contributed by atoms with Crippen LogP contribution in [0, 0.1) is 0 Å². The normalized spacial score (nSPS) is 17.6. The first-order valence-electron chi connectivity index (χ1n) is 8.53. The standard InChI is InChI=1S/C17H25N5O2/c1-18-16-19-17(21-20-16)22(14-8-3-2-4-9-14)11-7-13-24-15-10-5-6-12-23-15/h2-4,8-9,15H,5-7,10-13H2,1H3,(H2,18,19,20,21). The van der Waals surface area contributed by atoms with E-state index in [1.807, 2.05) is 18.2 Å². The van der Waals surface area contributed by atoms with E-state index in [-0.39, 0.29) is 6.29 Å². The molecule has 0 aliphatic carbocycles. The zero-order chi connectivity index (χ0) is 16.6. The highest BCUT2D eigenvalue weighted by Gasteiger charge is 2.16. The Bertz CT molecular complexity index is 598. The van der Waals surface area contributed by atoms with Gasteiger partial charge in [0.05, 0.1) is 6.61 Å². The van der Waals surface area contributed by atoms with Crippen molar-refractivity contribution in [2.75, 3.05) is 37.0 Å². The Balaban J connectivity index is 1.58. The van der Waals surface area contributed by atoms with Gasteiger partial charge in [0.2, 0.25) is 11.9 Å². The molecule has 0 bridgehead atoms. The van der Waals surface area contributed by atoms with Crippen molar-refractivity contribution in [2.45, 2.75) is 32.0 Å². The third kappa shape index (κ3) is 4.46. The van der Waals surface area contributed by atoms with E-state index in [9.17, 15) is 0 Å². The molecule has 2 aromatic rings. The number of para-hydroxylation sites is 1. The molecule has 7 nitrogen and oxygen atoms in total. The SMILES string of the molecule is CNc1n[nH]c(N(CCCOC2CCCCO2)c2ccccc2)n1. The Hall–Kier alpha value is -2.12. The fourth-order valence-electron chi connectivity index (χ4n) is 2.73. The van der Waals surface area contributed by atoms with Crippen molar-refractivity contribution in [2.24, 2.45) is 0 Å². The summed E-state index contributed by atoms with van der Waals surface area (Å²) in [5, 5.41) is 10.1. The number of ether oxygens (including phenoxy) is 2. The van der Waals surface area contributed by atoms with Gasteiger partial charge in [0.1, 0.15) is 0 Å². The van der Waals surface area contributed by atoms with Crippen molar-refractivity contribution in [3.63, 3.8) is 0 Å². The van der Waals surface area contributed by atoms with Crippen molar-refractivity contribution in [3.05, 3.63) is 30.3 Å². The number of H-pyrrole nitrogens is 1. The molecule has 2 heterocycles. The summed E-state index contributed by atoms with van der Waals surface area (Å²) in [7, 11) is 1.80. The molecule has 3 rings (SSSR count). The van der Waals surface area contributed by atoms with Gasteiger partial charge < -0.3 is 19.7 Å². The molecule has 1 unspecified atom stereocenters. The molecule has 1 fully saturated rings. The number of anilines is 3. The van der Waals surface area contributed by atoms with E-state index >= 15 is 0 Å². The fraction of sp³-hybridized carbons (Fsp3) is 0.529. The quantitative estimate of drug-likeness (QED) is 0.725. The maximum Gasteiger partial charge on any atom is 0.243 e. The molecule has 2 N–H and O–H groups in total. The molecular weight excluding hydrogens is 306 g/mol. The van der Waals surface area contributed by atoms with Crippen LogP contribution in [0.4, 0.5) is 17.6 Å². The summed E-state index contributed by atoms with van der Waals surface area (Å²) >= 11 is 0. The number of hydrogen-bond donors (Lipinski definition) is 2. The second-order valence-electron chi connectivity index (χ2n) is 5.74. The Kier molecular flexibility index (Phi) is 6.03. The molecule has 130 valence electrons. The Labute approximate surface area is 142 Å². The summed E-state index contributed by atoms with van der Waals surface area (Å²) in [6, 6.07) is 10.2. The van der Waals surface area contributed by atoms with Crippen LogP contribution < -0.4 is 10.2 Å². The molecule has 1 saturated heterocycles. The van der Waals surface area contributed by atoms with Crippen molar-refractivity contribution in [1.29, 1.82) is 0 Å². The Morgan fingerprint density at radius 1 is 1.33 bits per heavy atom. The molecular formula is C17H25N5O2. The summed E-state index contributed by atoms with van der Waals surface area (Å²) in [5.74, 6) is 1.30. The second-order valence-corrected chi connectivity index (χ2v) is 5.74. The first-order chi connectivity index (χ1) is 11.9. The monoisotopic (exact) mass is 331 g/mol. The number of benzene rings is 1. The first kappa shape index (κ1) is 16.7. The molecule has 1 aromatic carbocycles. The van der Waals surface area contributed by atoms with Gasteiger partial charge in [-0.2, -0.15) is 4.98 Å². The largest absolute Gasteiger partial charge is 0.356 e. The smallest absolute Gasteiger partial charge is 0.243 e. The van der Waals surface area contributed by atoms with Crippen molar-refractivity contribution in [1.82, 2.24) is 15.2 Å². The molecule has 0 spiro atoms. The minimum absolute atomic E-state index is 0.0369. The summed E-state index contributed by atoms with van der Waals surface area (Å²) in [4.78, 5) is 6.57. The molecule has 1 aliphatic rings. The molecule has 7 heteroatoms. The van der Waals surface area contributed by atoms with Gasteiger partial charge in [0.15, 0.2) is 6.29 Å². The molecule has 0 radical (unpaired) electrons. The fourth-order valence-corrected chi connectivity index (χ4v) is 2.73. The van der Waals surface area contributed by atoms with Gasteiger partial charge in [-0.25, -0.2) is 5.10 Å². The molecule has 0 amide bonds. The summed E-state index contributed by atoms with van der Waals surface area (Å²) in [6.07, 6.45) is 4.16. The van der Waals surface area contributed by atoms with Gasteiger partial charge in [-0.05, 0) is 37.8 Å². The lowest BCUT2D eigenvalue weighted by Crippen LogP contribution is -2.25. The van der Waals surface area contributed by atoms with Crippen LogP contribution in [-0.2, 0) is 9.47 Å². The minimum atomic E-state index is -0.0369. The van der Waals surface area contributed by atoms with Crippen LogP contribution in [0.15, 0.2) is 30.3 Å². The van der Waals surface area contributed by atoms with Crippen LogP contribution in [0.5, 0.6) is 0 Å². The second kappa shape index (κ2) is 8.65. The van der Waals surface area contributed by atoms with E-state index in [2.05, 4.69) is 37.5 Å². The number of nitrogens with zero attached hydrogens (tertiary/aromatic N) is 3. The highest BCUT2D eigenvalue weighted by atomic mass is 16.7. The lowest BCUT2D eigenvalue weighted by molar-refractivity contribution is -0.162. The summed E-state index contributed by atoms with van der Waals surface area (Å²) < 4.78 is 11.4. The van der Waals surface area contributed by atoms with E-state index in [1.54, 1.807) is 7.05 Å². The van der Waals surface area contributed by atoms with E-state index in [0.29, 0.717) is 12.6 Å². The lowest BCUT2D eigenvalue weighted by atomic mass is 10.2. The maximum absolute atomic E-state index is 5.82. The van der Waals surface area contributed by atoms with Crippen LogP contribution >= 0.6 is 0 Å². The molecule has 1 aromatic heterocycles. The zero-order valence-electron chi connectivity index (χ0n) is 14.1. The average molecular weight is 331 g/mol. The van der Waals surface area contributed by atoms with Gasteiger partial charge in [0, 0.05) is 25.9 Å². The highest BCUT2D eigenvalue weighted by molar-refractivity contribution is 5.57. The Morgan fingerprint density at radius 2 is 2.21 bits per heavy atom. The van der Waals surface area contributed by atoms with Gasteiger partial charge in [0.25, 0.3) is 0 Å². The predicted molar refractivity (Wildman–Crippen MR) is 93.5 cm³/mol. The third-order valence-corrected chi connectivity index (χ3v) is 3.99. The van der Waals surface area contributed by atoms with Gasteiger partial charge in [-0.15, -0.1) is 5.10 Å². The first-order valence-corrected chi connectivity index (χ1v) is 8.53.